The molecule has 3 rings (SSSR count). The number of nitrogens with two attached hydrogens (primary N) is 1. The van der Waals surface area contributed by atoms with E-state index in [4.69, 9.17) is 22.1 Å². The molecular weight excluding hydrogens is 348 g/mol. The van der Waals surface area contributed by atoms with Gasteiger partial charge in [0.05, 0.1) is 6.04 Å². The largest absolute Gasteiger partial charge is 0.381 e. The maximum Gasteiger partial charge on any atom is 0.243 e. The minimum Gasteiger partial charge on any atom is -0.381 e. The van der Waals surface area contributed by atoms with Gasteiger partial charge in [0, 0.05) is 24.7 Å². The number of carbonyl (C=O) groups excluding carboxylic acids is 1. The van der Waals surface area contributed by atoms with E-state index >= 15 is 0 Å². The average molecular weight is 367 g/mol. The second-order valence-electron chi connectivity index (χ2n) is 5.77. The lowest BCUT2D eigenvalue weighted by atomic mass is 9.92. The van der Waals surface area contributed by atoms with E-state index in [1.807, 2.05) is 24.3 Å². The highest BCUT2D eigenvalue weighted by Crippen LogP contribution is 2.22. The Bertz CT molecular complexity index is 703. The fourth-order valence-electron chi connectivity index (χ4n) is 2.67. The van der Waals surface area contributed by atoms with Crippen LogP contribution in [0, 0.1) is 5.92 Å². The fraction of sp³-hybridized carbons (Fsp3) is 0.438. The van der Waals surface area contributed by atoms with Crippen LogP contribution in [0.2, 0.25) is 5.02 Å². The van der Waals surface area contributed by atoms with Crippen LogP contribution in [0.25, 0.3) is 0 Å². The van der Waals surface area contributed by atoms with Crippen LogP contribution in [0.5, 0.6) is 0 Å². The summed E-state index contributed by atoms with van der Waals surface area (Å²) in [6.07, 6.45) is 2.25. The van der Waals surface area contributed by atoms with Gasteiger partial charge in [-0.15, -0.1) is 10.2 Å². The summed E-state index contributed by atoms with van der Waals surface area (Å²) in [6, 6.07) is 7.05. The van der Waals surface area contributed by atoms with Crippen LogP contribution in [0.1, 0.15) is 23.4 Å². The van der Waals surface area contributed by atoms with Gasteiger partial charge in [-0.2, -0.15) is 0 Å². The summed E-state index contributed by atoms with van der Waals surface area (Å²) in [6.45, 7) is 1.32. The molecule has 8 heteroatoms. The number of rotatable bonds is 5. The highest BCUT2D eigenvalue weighted by Gasteiger charge is 2.27. The molecule has 24 heavy (non-hydrogen) atoms. The molecular formula is C16H19ClN4O2S. The first kappa shape index (κ1) is 17.3. The highest BCUT2D eigenvalue weighted by atomic mass is 35.5. The Morgan fingerprint density at radius 3 is 2.96 bits per heavy atom. The van der Waals surface area contributed by atoms with Crippen LogP contribution in [0.4, 0.5) is 5.13 Å². The molecule has 6 nitrogen and oxygen atoms in total. The van der Waals surface area contributed by atoms with Crippen LogP contribution in [-0.2, 0) is 16.0 Å². The molecule has 1 unspecified atom stereocenters. The van der Waals surface area contributed by atoms with Gasteiger partial charge < -0.3 is 10.5 Å². The number of carbonyl (C=O) groups is 1. The highest BCUT2D eigenvalue weighted by molar-refractivity contribution is 7.15. The summed E-state index contributed by atoms with van der Waals surface area (Å²) in [5.74, 6) is -0.0649. The van der Waals surface area contributed by atoms with E-state index in [1.54, 1.807) is 0 Å². The molecule has 0 spiro atoms. The molecule has 0 bridgehead atoms. The van der Waals surface area contributed by atoms with E-state index in [0.29, 0.717) is 29.8 Å². The van der Waals surface area contributed by atoms with Crippen molar-refractivity contribution in [1.29, 1.82) is 0 Å². The minimum absolute atomic E-state index is 0.151. The number of aromatic nitrogens is 2. The van der Waals surface area contributed by atoms with Gasteiger partial charge in [-0.25, -0.2) is 0 Å². The normalized spacial score (nSPS) is 16.8. The van der Waals surface area contributed by atoms with Crippen molar-refractivity contribution in [1.82, 2.24) is 10.2 Å². The van der Waals surface area contributed by atoms with Gasteiger partial charge in [0.1, 0.15) is 5.01 Å². The topological polar surface area (TPSA) is 90.1 Å². The number of halogens is 1. The van der Waals surface area contributed by atoms with Crippen molar-refractivity contribution in [3.8, 4) is 0 Å². The van der Waals surface area contributed by atoms with Crippen molar-refractivity contribution >= 4 is 34.0 Å². The zero-order valence-electron chi connectivity index (χ0n) is 13.1. The number of hydrogen-bond acceptors (Lipinski definition) is 6. The zero-order valence-corrected chi connectivity index (χ0v) is 14.6. The number of nitrogens with one attached hydrogen (secondary N) is 1. The number of nitrogens with zero attached hydrogens (tertiary/aromatic N) is 2. The molecule has 2 heterocycles. The van der Waals surface area contributed by atoms with Crippen LogP contribution < -0.4 is 11.1 Å². The van der Waals surface area contributed by atoms with E-state index in [2.05, 4.69) is 15.5 Å². The molecule has 3 N–H and O–H groups in total. The third kappa shape index (κ3) is 4.51. The van der Waals surface area contributed by atoms with Gasteiger partial charge in [-0.05, 0) is 36.5 Å². The number of amides is 1. The van der Waals surface area contributed by atoms with Crippen LogP contribution in [0.15, 0.2) is 24.3 Å². The lowest BCUT2D eigenvalue weighted by Gasteiger charge is -2.26. The number of anilines is 1. The quantitative estimate of drug-likeness (QED) is 0.848. The first-order valence-electron chi connectivity index (χ1n) is 7.83. The standard InChI is InChI=1S/C16H19ClN4O2S/c17-12-3-1-2-10(8-12)9-13-20-21-16(24-13)19-15(22)14(18)11-4-6-23-7-5-11/h1-3,8,11,14H,4-7,9,18H2,(H,19,21,22). The third-order valence-corrected chi connectivity index (χ3v) is 5.09. The van der Waals surface area contributed by atoms with Gasteiger partial charge in [-0.1, -0.05) is 35.1 Å². The van der Waals surface area contributed by atoms with Crippen molar-refractivity contribution in [3.05, 3.63) is 39.9 Å². The van der Waals surface area contributed by atoms with E-state index < -0.39 is 6.04 Å². The van der Waals surface area contributed by atoms with E-state index in [-0.39, 0.29) is 11.8 Å². The monoisotopic (exact) mass is 366 g/mol. The van der Waals surface area contributed by atoms with Crippen molar-refractivity contribution in [3.63, 3.8) is 0 Å². The summed E-state index contributed by atoms with van der Waals surface area (Å²) >= 11 is 7.33. The van der Waals surface area contributed by atoms with Crippen molar-refractivity contribution < 1.29 is 9.53 Å². The molecule has 1 fully saturated rings. The Morgan fingerprint density at radius 1 is 1.42 bits per heavy atom. The Hall–Kier alpha value is -1.54. The van der Waals surface area contributed by atoms with Gasteiger partial charge in [0.25, 0.3) is 0 Å². The van der Waals surface area contributed by atoms with Gasteiger partial charge in [0.2, 0.25) is 11.0 Å². The molecule has 0 saturated carbocycles. The van der Waals surface area contributed by atoms with Crippen molar-refractivity contribution in [2.45, 2.75) is 25.3 Å². The molecule has 1 amide bonds. The first-order chi connectivity index (χ1) is 11.6. The van der Waals surface area contributed by atoms with Gasteiger partial charge in [-0.3, -0.25) is 10.1 Å². The van der Waals surface area contributed by atoms with Crippen LogP contribution >= 0.6 is 22.9 Å². The summed E-state index contributed by atoms with van der Waals surface area (Å²) in [4.78, 5) is 12.3. The number of ether oxygens (including phenoxy) is 1. The summed E-state index contributed by atoms with van der Waals surface area (Å²) in [7, 11) is 0. The van der Waals surface area contributed by atoms with E-state index in [0.717, 1.165) is 23.4 Å². The SMILES string of the molecule is NC(C(=O)Nc1nnc(Cc2cccc(Cl)c2)s1)C1CCOCC1. The van der Waals surface area contributed by atoms with E-state index in [9.17, 15) is 4.79 Å². The molecule has 0 aliphatic carbocycles. The van der Waals surface area contributed by atoms with Crippen molar-refractivity contribution in [2.24, 2.45) is 11.7 Å². The second-order valence-corrected chi connectivity index (χ2v) is 7.27. The number of hydrogen-bond donors (Lipinski definition) is 2. The Balaban J connectivity index is 1.58. The van der Waals surface area contributed by atoms with Gasteiger partial charge >= 0.3 is 0 Å². The van der Waals surface area contributed by atoms with Gasteiger partial charge in [0.15, 0.2) is 0 Å². The molecule has 1 atom stereocenters. The Morgan fingerprint density at radius 2 is 2.21 bits per heavy atom. The fourth-order valence-corrected chi connectivity index (χ4v) is 3.66. The molecule has 128 valence electrons. The second kappa shape index (κ2) is 8.02. The maximum absolute atomic E-state index is 12.3. The number of benzene rings is 1. The Kier molecular flexibility index (Phi) is 5.78. The van der Waals surface area contributed by atoms with Crippen molar-refractivity contribution in [2.75, 3.05) is 18.5 Å². The molecule has 1 aromatic carbocycles. The predicted molar refractivity (Wildman–Crippen MR) is 94.3 cm³/mol. The summed E-state index contributed by atoms with van der Waals surface area (Å²) < 4.78 is 5.30. The molecule has 0 radical (unpaired) electrons. The van der Waals surface area contributed by atoms with E-state index in [1.165, 1.54) is 11.3 Å². The molecule has 1 saturated heterocycles. The molecule has 1 aliphatic heterocycles. The summed E-state index contributed by atoms with van der Waals surface area (Å²) in [5, 5.41) is 12.9. The third-order valence-electron chi connectivity index (χ3n) is 4.02. The van der Waals surface area contributed by atoms with Crippen LogP contribution in [-0.4, -0.2) is 35.4 Å². The predicted octanol–water partition coefficient (Wildman–Crippen LogP) is 2.47. The summed E-state index contributed by atoms with van der Waals surface area (Å²) in [5.41, 5.74) is 7.11. The van der Waals surface area contributed by atoms with Crippen LogP contribution in [0.3, 0.4) is 0 Å². The smallest absolute Gasteiger partial charge is 0.243 e. The lowest BCUT2D eigenvalue weighted by Crippen LogP contribution is -2.43. The lowest BCUT2D eigenvalue weighted by molar-refractivity contribution is -0.119. The maximum atomic E-state index is 12.3. The molecule has 1 aromatic heterocycles. The minimum atomic E-state index is -0.547. The molecule has 2 aromatic rings. The zero-order chi connectivity index (χ0) is 16.9. The first-order valence-corrected chi connectivity index (χ1v) is 9.02. The average Bonchev–Trinajstić information content (AvgIpc) is 3.02. The molecule has 1 aliphatic rings. The Labute approximate surface area is 149 Å².